The average molecular weight is 289 g/mol. The predicted molar refractivity (Wildman–Crippen MR) is 72.3 cm³/mol. The van der Waals surface area contributed by atoms with Crippen molar-refractivity contribution in [1.82, 2.24) is 5.32 Å². The molecule has 0 fully saturated rings. The molecule has 0 saturated heterocycles. The normalized spacial score (nSPS) is 13.0. The van der Waals surface area contributed by atoms with Gasteiger partial charge in [-0.2, -0.15) is 0 Å². The van der Waals surface area contributed by atoms with Crippen LogP contribution in [0.4, 0.5) is 25.8 Å². The molecular formula is C14H9F2N3O2. The van der Waals surface area contributed by atoms with Gasteiger partial charge in [-0.1, -0.05) is 0 Å². The van der Waals surface area contributed by atoms with Gasteiger partial charge in [0.25, 0.3) is 11.8 Å². The molecule has 4 N–H and O–H groups in total. The number of nitrogens with two attached hydrogens (primary N) is 1. The van der Waals surface area contributed by atoms with Gasteiger partial charge in [0.15, 0.2) is 11.6 Å². The maximum absolute atomic E-state index is 13.7. The number of halogens is 2. The van der Waals surface area contributed by atoms with Crippen LogP contribution in [0.2, 0.25) is 0 Å². The zero-order valence-electron chi connectivity index (χ0n) is 10.5. The minimum Gasteiger partial charge on any atom is -0.399 e. The SMILES string of the molecule is Nc1cc(F)c(Nc2ccc3c(c2)C(=O)NC3=O)c(F)c1. The van der Waals surface area contributed by atoms with E-state index in [2.05, 4.69) is 10.6 Å². The Labute approximate surface area is 117 Å². The van der Waals surface area contributed by atoms with Gasteiger partial charge in [0, 0.05) is 11.4 Å². The molecule has 2 aromatic carbocycles. The third-order valence-electron chi connectivity index (χ3n) is 3.07. The molecule has 0 spiro atoms. The van der Waals surface area contributed by atoms with E-state index in [1.165, 1.54) is 18.2 Å². The number of fused-ring (bicyclic) bond motifs is 1. The molecule has 1 aliphatic rings. The van der Waals surface area contributed by atoms with Crippen LogP contribution in [0.25, 0.3) is 0 Å². The number of carbonyl (C=O) groups is 2. The highest BCUT2D eigenvalue weighted by Gasteiger charge is 2.26. The summed E-state index contributed by atoms with van der Waals surface area (Å²) in [6.07, 6.45) is 0. The van der Waals surface area contributed by atoms with Crippen molar-refractivity contribution in [3.8, 4) is 0 Å². The van der Waals surface area contributed by atoms with Crippen molar-refractivity contribution in [3.05, 3.63) is 53.1 Å². The van der Waals surface area contributed by atoms with E-state index in [9.17, 15) is 18.4 Å². The summed E-state index contributed by atoms with van der Waals surface area (Å²) in [5.74, 6) is -2.75. The minimum absolute atomic E-state index is 0.0329. The Bertz CT molecular complexity index is 767. The first-order chi connectivity index (χ1) is 9.95. The number of hydrogen-bond acceptors (Lipinski definition) is 4. The smallest absolute Gasteiger partial charge is 0.259 e. The van der Waals surface area contributed by atoms with Crippen LogP contribution in [0.5, 0.6) is 0 Å². The molecule has 0 aromatic heterocycles. The molecule has 0 saturated carbocycles. The Kier molecular flexibility index (Phi) is 2.83. The molecule has 21 heavy (non-hydrogen) atoms. The van der Waals surface area contributed by atoms with Crippen molar-refractivity contribution in [1.29, 1.82) is 0 Å². The van der Waals surface area contributed by atoms with E-state index >= 15 is 0 Å². The van der Waals surface area contributed by atoms with E-state index in [0.29, 0.717) is 0 Å². The topological polar surface area (TPSA) is 84.2 Å². The van der Waals surface area contributed by atoms with Crippen LogP contribution >= 0.6 is 0 Å². The molecule has 3 rings (SSSR count). The minimum atomic E-state index is -0.853. The number of anilines is 3. The number of imide groups is 1. The molecule has 1 aliphatic heterocycles. The second-order valence-corrected chi connectivity index (χ2v) is 4.53. The van der Waals surface area contributed by atoms with Crippen molar-refractivity contribution in [2.75, 3.05) is 11.1 Å². The quantitative estimate of drug-likeness (QED) is 0.584. The van der Waals surface area contributed by atoms with Crippen molar-refractivity contribution < 1.29 is 18.4 Å². The van der Waals surface area contributed by atoms with Crippen LogP contribution in [-0.4, -0.2) is 11.8 Å². The molecule has 5 nitrogen and oxygen atoms in total. The van der Waals surface area contributed by atoms with Gasteiger partial charge in [0.2, 0.25) is 0 Å². The second kappa shape index (κ2) is 4.55. The van der Waals surface area contributed by atoms with E-state index in [-0.39, 0.29) is 28.2 Å². The first kappa shape index (κ1) is 13.0. The van der Waals surface area contributed by atoms with Crippen LogP contribution in [0.1, 0.15) is 20.7 Å². The second-order valence-electron chi connectivity index (χ2n) is 4.53. The summed E-state index contributed by atoms with van der Waals surface area (Å²) in [7, 11) is 0. The van der Waals surface area contributed by atoms with E-state index in [1.54, 1.807) is 0 Å². The van der Waals surface area contributed by atoms with Gasteiger partial charge >= 0.3 is 0 Å². The van der Waals surface area contributed by atoms with Crippen LogP contribution in [-0.2, 0) is 0 Å². The maximum Gasteiger partial charge on any atom is 0.259 e. The number of nitrogens with one attached hydrogen (secondary N) is 2. The lowest BCUT2D eigenvalue weighted by atomic mass is 10.1. The summed E-state index contributed by atoms with van der Waals surface area (Å²) in [6, 6.07) is 6.17. The molecule has 0 radical (unpaired) electrons. The van der Waals surface area contributed by atoms with Crippen molar-refractivity contribution in [2.45, 2.75) is 0 Å². The van der Waals surface area contributed by atoms with Crippen molar-refractivity contribution in [2.24, 2.45) is 0 Å². The zero-order valence-corrected chi connectivity index (χ0v) is 10.5. The molecular weight excluding hydrogens is 280 g/mol. The Hall–Kier alpha value is -2.96. The molecule has 0 bridgehead atoms. The molecule has 1 heterocycles. The third kappa shape index (κ3) is 2.18. The Morgan fingerprint density at radius 3 is 2.24 bits per heavy atom. The highest BCUT2D eigenvalue weighted by Crippen LogP contribution is 2.27. The average Bonchev–Trinajstić information content (AvgIpc) is 2.69. The van der Waals surface area contributed by atoms with Crippen LogP contribution in [0.15, 0.2) is 30.3 Å². The van der Waals surface area contributed by atoms with Crippen LogP contribution < -0.4 is 16.4 Å². The van der Waals surface area contributed by atoms with Gasteiger partial charge in [0.1, 0.15) is 5.69 Å². The highest BCUT2D eigenvalue weighted by atomic mass is 19.1. The van der Waals surface area contributed by atoms with Gasteiger partial charge in [0.05, 0.1) is 11.1 Å². The number of benzene rings is 2. The van der Waals surface area contributed by atoms with E-state index < -0.39 is 23.4 Å². The van der Waals surface area contributed by atoms with E-state index in [1.807, 2.05) is 0 Å². The molecule has 0 aliphatic carbocycles. The first-order valence-electron chi connectivity index (χ1n) is 5.97. The van der Waals surface area contributed by atoms with Gasteiger partial charge in [-0.3, -0.25) is 14.9 Å². The van der Waals surface area contributed by atoms with Gasteiger partial charge in [-0.15, -0.1) is 0 Å². The Morgan fingerprint density at radius 1 is 0.952 bits per heavy atom. The molecule has 0 atom stereocenters. The summed E-state index contributed by atoms with van der Waals surface area (Å²) in [4.78, 5) is 22.9. The van der Waals surface area contributed by atoms with Gasteiger partial charge < -0.3 is 11.1 Å². The Morgan fingerprint density at radius 2 is 1.57 bits per heavy atom. The number of nitrogen functional groups attached to an aromatic ring is 1. The summed E-state index contributed by atoms with van der Waals surface area (Å²) in [6.45, 7) is 0. The highest BCUT2D eigenvalue weighted by molar-refractivity contribution is 6.21. The van der Waals surface area contributed by atoms with E-state index in [0.717, 1.165) is 12.1 Å². The summed E-state index contributed by atoms with van der Waals surface area (Å²) in [5, 5.41) is 4.67. The summed E-state index contributed by atoms with van der Waals surface area (Å²) < 4.78 is 27.4. The lowest BCUT2D eigenvalue weighted by Crippen LogP contribution is -2.19. The summed E-state index contributed by atoms with van der Waals surface area (Å²) >= 11 is 0. The zero-order chi connectivity index (χ0) is 15.1. The standard InChI is InChI=1S/C14H9F2N3O2/c15-10-3-6(17)4-11(16)12(10)18-7-1-2-8-9(5-7)14(21)19-13(8)20/h1-5,18H,17H2,(H,19,20,21). The molecule has 2 amide bonds. The lowest BCUT2D eigenvalue weighted by Gasteiger charge is -2.10. The largest absolute Gasteiger partial charge is 0.399 e. The molecule has 0 unspecified atom stereocenters. The molecule has 106 valence electrons. The monoisotopic (exact) mass is 289 g/mol. The lowest BCUT2D eigenvalue weighted by molar-refractivity contribution is 0.0879. The first-order valence-corrected chi connectivity index (χ1v) is 5.97. The maximum atomic E-state index is 13.7. The van der Waals surface area contributed by atoms with Crippen molar-refractivity contribution in [3.63, 3.8) is 0 Å². The third-order valence-corrected chi connectivity index (χ3v) is 3.07. The fourth-order valence-electron chi connectivity index (χ4n) is 2.10. The van der Waals surface area contributed by atoms with Crippen molar-refractivity contribution >= 4 is 28.9 Å². The number of rotatable bonds is 2. The number of carbonyl (C=O) groups excluding carboxylic acids is 2. The van der Waals surface area contributed by atoms with Gasteiger partial charge in [-0.25, -0.2) is 8.78 Å². The van der Waals surface area contributed by atoms with Crippen LogP contribution in [0.3, 0.4) is 0 Å². The molecule has 7 heteroatoms. The number of hydrogen-bond donors (Lipinski definition) is 3. The van der Waals surface area contributed by atoms with Gasteiger partial charge in [-0.05, 0) is 30.3 Å². The molecule has 2 aromatic rings. The fraction of sp³-hybridized carbons (Fsp3) is 0. The number of amides is 2. The predicted octanol–water partition coefficient (Wildman–Crippen LogP) is 2.17. The van der Waals surface area contributed by atoms with Crippen LogP contribution in [0, 0.1) is 11.6 Å². The summed E-state index contributed by atoms with van der Waals surface area (Å²) in [5.41, 5.74) is 5.58. The van der Waals surface area contributed by atoms with E-state index in [4.69, 9.17) is 5.73 Å². The fourth-order valence-corrected chi connectivity index (χ4v) is 2.10. The Balaban J connectivity index is 1.99.